The highest BCUT2D eigenvalue weighted by Crippen LogP contribution is 2.32. The van der Waals surface area contributed by atoms with Crippen LogP contribution in [0.25, 0.3) is 0 Å². The normalized spacial score (nSPS) is 15.7. The number of hydrogen-bond acceptors (Lipinski definition) is 3. The minimum Gasteiger partial charge on any atom is -0.370 e. The molecule has 1 saturated carbocycles. The van der Waals surface area contributed by atoms with Crippen molar-refractivity contribution < 1.29 is 13.2 Å². The number of halogens is 4. The Bertz CT molecular complexity index is 461. The van der Waals surface area contributed by atoms with Gasteiger partial charge in [-0.2, -0.15) is 13.2 Å². The molecular weight excluding hydrogens is 291 g/mol. The van der Waals surface area contributed by atoms with Crippen LogP contribution >= 0.6 is 11.6 Å². The molecule has 1 aliphatic rings. The average Bonchev–Trinajstić information content (AvgIpc) is 3.15. The molecule has 0 aliphatic heterocycles. The van der Waals surface area contributed by atoms with Crippen molar-refractivity contribution in [2.24, 2.45) is 0 Å². The first-order valence-electron chi connectivity index (χ1n) is 6.59. The molecule has 0 saturated heterocycles. The lowest BCUT2D eigenvalue weighted by molar-refractivity contribution is -0.148. The van der Waals surface area contributed by atoms with Crippen LogP contribution < -0.4 is 5.32 Å². The molecule has 0 amide bonds. The van der Waals surface area contributed by atoms with Crippen LogP contribution in [0.1, 0.15) is 25.5 Å². The predicted molar refractivity (Wildman–Crippen MR) is 72.9 cm³/mol. The van der Waals surface area contributed by atoms with E-state index in [2.05, 4.69) is 10.3 Å². The SMILES string of the molecule is CCNc1ccc(Cl)c(CN(CC(F)(F)F)C2CC2)n1. The molecule has 0 aromatic carbocycles. The zero-order valence-electron chi connectivity index (χ0n) is 11.2. The molecule has 20 heavy (non-hydrogen) atoms. The highest BCUT2D eigenvalue weighted by Gasteiger charge is 2.38. The van der Waals surface area contributed by atoms with Gasteiger partial charge in [0.25, 0.3) is 0 Å². The standard InChI is InChI=1S/C13H17ClF3N3/c1-2-18-12-6-5-10(14)11(19-12)7-20(9-3-4-9)8-13(15,16)17/h5-6,9H,2-4,7-8H2,1H3,(H,18,19). The molecule has 1 N–H and O–H groups in total. The molecule has 7 heteroatoms. The zero-order valence-corrected chi connectivity index (χ0v) is 11.9. The number of nitrogens with one attached hydrogen (secondary N) is 1. The van der Waals surface area contributed by atoms with Crippen molar-refractivity contribution in [1.82, 2.24) is 9.88 Å². The Morgan fingerprint density at radius 2 is 2.10 bits per heavy atom. The summed E-state index contributed by atoms with van der Waals surface area (Å²) in [5, 5.41) is 3.43. The second kappa shape index (κ2) is 6.18. The molecule has 1 aromatic rings. The van der Waals surface area contributed by atoms with Gasteiger partial charge in [-0.1, -0.05) is 11.6 Å². The van der Waals surface area contributed by atoms with Crippen molar-refractivity contribution >= 4 is 17.4 Å². The van der Waals surface area contributed by atoms with Gasteiger partial charge in [0.15, 0.2) is 0 Å². The van der Waals surface area contributed by atoms with Gasteiger partial charge in [0.2, 0.25) is 0 Å². The van der Waals surface area contributed by atoms with Crippen molar-refractivity contribution in [1.29, 1.82) is 0 Å². The van der Waals surface area contributed by atoms with Crippen LogP contribution in [0.2, 0.25) is 5.02 Å². The van der Waals surface area contributed by atoms with Gasteiger partial charge in [-0.3, -0.25) is 4.90 Å². The maximum atomic E-state index is 12.6. The van der Waals surface area contributed by atoms with Gasteiger partial charge < -0.3 is 5.32 Å². The number of nitrogens with zero attached hydrogens (tertiary/aromatic N) is 2. The van der Waals surface area contributed by atoms with E-state index in [1.165, 1.54) is 4.90 Å². The summed E-state index contributed by atoms with van der Waals surface area (Å²) >= 11 is 6.04. The van der Waals surface area contributed by atoms with Gasteiger partial charge in [0, 0.05) is 19.1 Å². The minimum atomic E-state index is -4.20. The Morgan fingerprint density at radius 1 is 1.40 bits per heavy atom. The third-order valence-corrected chi connectivity index (χ3v) is 3.42. The summed E-state index contributed by atoms with van der Waals surface area (Å²) in [5.41, 5.74) is 0.487. The quantitative estimate of drug-likeness (QED) is 0.868. The predicted octanol–water partition coefficient (Wildman–Crippen LogP) is 3.69. The molecule has 0 spiro atoms. The van der Waals surface area contributed by atoms with Crippen molar-refractivity contribution in [3.05, 3.63) is 22.8 Å². The van der Waals surface area contributed by atoms with E-state index in [4.69, 9.17) is 11.6 Å². The lowest BCUT2D eigenvalue weighted by atomic mass is 10.3. The van der Waals surface area contributed by atoms with E-state index >= 15 is 0 Å². The first-order chi connectivity index (χ1) is 9.39. The number of rotatable bonds is 6. The fourth-order valence-corrected chi connectivity index (χ4v) is 2.22. The fraction of sp³-hybridized carbons (Fsp3) is 0.615. The van der Waals surface area contributed by atoms with Gasteiger partial charge in [0.1, 0.15) is 5.82 Å². The Hall–Kier alpha value is -1.01. The highest BCUT2D eigenvalue weighted by atomic mass is 35.5. The molecule has 0 bridgehead atoms. The number of aromatic nitrogens is 1. The summed E-state index contributed by atoms with van der Waals surface area (Å²) in [6.07, 6.45) is -2.59. The molecule has 0 unspecified atom stereocenters. The lowest BCUT2D eigenvalue weighted by Gasteiger charge is -2.23. The maximum Gasteiger partial charge on any atom is 0.401 e. The third-order valence-electron chi connectivity index (χ3n) is 3.08. The van der Waals surface area contributed by atoms with Crippen molar-refractivity contribution in [2.45, 2.75) is 38.5 Å². The van der Waals surface area contributed by atoms with Crippen LogP contribution in [0.5, 0.6) is 0 Å². The zero-order chi connectivity index (χ0) is 14.8. The fourth-order valence-electron chi connectivity index (χ4n) is 2.05. The van der Waals surface area contributed by atoms with Crippen LogP contribution in [0, 0.1) is 0 Å². The lowest BCUT2D eigenvalue weighted by Crippen LogP contribution is -2.35. The van der Waals surface area contributed by atoms with Crippen LogP contribution in [-0.4, -0.2) is 35.2 Å². The summed E-state index contributed by atoms with van der Waals surface area (Å²) in [5.74, 6) is 0.634. The number of hydrogen-bond donors (Lipinski definition) is 1. The molecule has 2 rings (SSSR count). The summed E-state index contributed by atoms with van der Waals surface area (Å²) in [7, 11) is 0. The second-order valence-electron chi connectivity index (χ2n) is 4.91. The number of pyridine rings is 1. The monoisotopic (exact) mass is 307 g/mol. The van der Waals surface area contributed by atoms with Crippen molar-refractivity contribution in [2.75, 3.05) is 18.4 Å². The number of alkyl halides is 3. The summed E-state index contributed by atoms with van der Waals surface area (Å²) < 4.78 is 37.8. The topological polar surface area (TPSA) is 28.2 Å². The molecule has 3 nitrogen and oxygen atoms in total. The molecule has 1 aliphatic carbocycles. The summed E-state index contributed by atoms with van der Waals surface area (Å²) in [6.45, 7) is 1.84. The van der Waals surface area contributed by atoms with E-state index in [1.54, 1.807) is 12.1 Å². The van der Waals surface area contributed by atoms with Crippen LogP contribution in [0.4, 0.5) is 19.0 Å². The number of anilines is 1. The average molecular weight is 308 g/mol. The van der Waals surface area contributed by atoms with Crippen LogP contribution in [0.15, 0.2) is 12.1 Å². The first-order valence-corrected chi connectivity index (χ1v) is 6.97. The van der Waals surface area contributed by atoms with Crippen molar-refractivity contribution in [3.63, 3.8) is 0 Å². The van der Waals surface area contributed by atoms with Crippen molar-refractivity contribution in [3.8, 4) is 0 Å². The van der Waals surface area contributed by atoms with Gasteiger partial charge in [0.05, 0.1) is 17.3 Å². The van der Waals surface area contributed by atoms with Gasteiger partial charge >= 0.3 is 6.18 Å². The van der Waals surface area contributed by atoms with E-state index in [0.717, 1.165) is 12.8 Å². The summed E-state index contributed by atoms with van der Waals surface area (Å²) in [4.78, 5) is 5.70. The second-order valence-corrected chi connectivity index (χ2v) is 5.31. The van der Waals surface area contributed by atoms with E-state index < -0.39 is 12.7 Å². The molecule has 0 atom stereocenters. The Balaban J connectivity index is 2.11. The molecule has 1 fully saturated rings. The van der Waals surface area contributed by atoms with E-state index in [9.17, 15) is 13.2 Å². The molecular formula is C13H17ClF3N3. The molecule has 1 heterocycles. The Kier molecular flexibility index (Phi) is 4.75. The van der Waals surface area contributed by atoms with Gasteiger partial charge in [-0.25, -0.2) is 4.98 Å². The minimum absolute atomic E-state index is 0.00252. The maximum absolute atomic E-state index is 12.6. The Morgan fingerprint density at radius 3 is 2.65 bits per heavy atom. The van der Waals surface area contributed by atoms with Crippen LogP contribution in [-0.2, 0) is 6.54 Å². The Labute approximate surface area is 121 Å². The van der Waals surface area contributed by atoms with E-state index in [-0.39, 0.29) is 12.6 Å². The third kappa shape index (κ3) is 4.52. The molecule has 112 valence electrons. The molecule has 1 aromatic heterocycles. The first kappa shape index (κ1) is 15.4. The van der Waals surface area contributed by atoms with E-state index in [0.29, 0.717) is 23.1 Å². The van der Waals surface area contributed by atoms with E-state index in [1.807, 2.05) is 6.92 Å². The van der Waals surface area contributed by atoms with Gasteiger partial charge in [-0.05, 0) is 31.9 Å². The van der Waals surface area contributed by atoms with Crippen LogP contribution in [0.3, 0.4) is 0 Å². The van der Waals surface area contributed by atoms with Gasteiger partial charge in [-0.15, -0.1) is 0 Å². The molecule has 0 radical (unpaired) electrons. The largest absolute Gasteiger partial charge is 0.401 e. The highest BCUT2D eigenvalue weighted by molar-refractivity contribution is 6.31. The summed E-state index contributed by atoms with van der Waals surface area (Å²) in [6, 6.07) is 3.39. The smallest absolute Gasteiger partial charge is 0.370 e.